The van der Waals surface area contributed by atoms with Crippen molar-refractivity contribution < 1.29 is 9.53 Å². The highest BCUT2D eigenvalue weighted by atomic mass is 35.5. The Bertz CT molecular complexity index is 309. The third-order valence-electron chi connectivity index (χ3n) is 4.81. The number of fused-ring (bicyclic) bond motifs is 2. The third kappa shape index (κ3) is 4.34. The number of nitrogens with one attached hydrogen (secondary N) is 2. The predicted molar refractivity (Wildman–Crippen MR) is 81.2 cm³/mol. The highest BCUT2D eigenvalue weighted by Gasteiger charge is 2.33. The van der Waals surface area contributed by atoms with E-state index in [2.05, 4.69) is 10.6 Å². The fourth-order valence-electron chi connectivity index (χ4n) is 3.80. The summed E-state index contributed by atoms with van der Waals surface area (Å²) in [6.07, 6.45) is 10.2. The fraction of sp³-hybridized carbons (Fsp3) is 0.933. The number of halogens is 1. The summed E-state index contributed by atoms with van der Waals surface area (Å²) >= 11 is 0. The summed E-state index contributed by atoms with van der Waals surface area (Å²) in [4.78, 5) is 12.0. The molecule has 0 aromatic heterocycles. The molecule has 116 valence electrons. The highest BCUT2D eigenvalue weighted by Crippen LogP contribution is 2.26. The average molecular weight is 303 g/mol. The molecule has 3 heterocycles. The number of ether oxygens (including phenoxy) is 1. The Kier molecular flexibility index (Phi) is 6.12. The first-order chi connectivity index (χ1) is 9.29. The molecular formula is C15H27ClN2O2. The number of hydrogen-bond donors (Lipinski definition) is 2. The van der Waals surface area contributed by atoms with Gasteiger partial charge < -0.3 is 15.4 Å². The van der Waals surface area contributed by atoms with Crippen molar-refractivity contribution in [3.05, 3.63) is 0 Å². The summed E-state index contributed by atoms with van der Waals surface area (Å²) in [5.41, 5.74) is 0. The zero-order valence-corrected chi connectivity index (χ0v) is 12.9. The summed E-state index contributed by atoms with van der Waals surface area (Å²) < 4.78 is 5.67. The van der Waals surface area contributed by atoms with Crippen molar-refractivity contribution in [1.29, 1.82) is 0 Å². The SMILES string of the molecule is Cl.O=C(CCC1CCCCO1)NC1CC2CCC(C1)N2. The molecule has 3 aliphatic heterocycles. The van der Waals surface area contributed by atoms with Gasteiger partial charge in [-0.2, -0.15) is 0 Å². The highest BCUT2D eigenvalue weighted by molar-refractivity contribution is 5.85. The molecule has 3 fully saturated rings. The first-order valence-corrected chi connectivity index (χ1v) is 7.96. The number of rotatable bonds is 4. The third-order valence-corrected chi connectivity index (χ3v) is 4.81. The maximum absolute atomic E-state index is 12.0. The van der Waals surface area contributed by atoms with E-state index in [-0.39, 0.29) is 18.3 Å². The molecule has 0 aromatic carbocycles. The van der Waals surface area contributed by atoms with Crippen LogP contribution in [0, 0.1) is 0 Å². The Hall–Kier alpha value is -0.320. The number of carbonyl (C=O) groups excluding carboxylic acids is 1. The maximum atomic E-state index is 12.0. The normalized spacial score (nSPS) is 36.2. The lowest BCUT2D eigenvalue weighted by atomic mass is 9.99. The van der Waals surface area contributed by atoms with Gasteiger partial charge in [0.1, 0.15) is 0 Å². The van der Waals surface area contributed by atoms with Gasteiger partial charge in [0.25, 0.3) is 0 Å². The van der Waals surface area contributed by atoms with E-state index in [4.69, 9.17) is 4.74 Å². The van der Waals surface area contributed by atoms with Crippen molar-refractivity contribution in [3.8, 4) is 0 Å². The second kappa shape index (κ2) is 7.62. The lowest BCUT2D eigenvalue weighted by Crippen LogP contribution is -2.48. The molecule has 2 bridgehead atoms. The molecule has 0 radical (unpaired) electrons. The van der Waals surface area contributed by atoms with Crippen LogP contribution in [0.5, 0.6) is 0 Å². The molecule has 0 aliphatic carbocycles. The monoisotopic (exact) mass is 302 g/mol. The Balaban J connectivity index is 0.00000147. The molecule has 3 unspecified atom stereocenters. The molecule has 4 nitrogen and oxygen atoms in total. The van der Waals surface area contributed by atoms with Crippen molar-refractivity contribution in [3.63, 3.8) is 0 Å². The molecule has 3 atom stereocenters. The van der Waals surface area contributed by atoms with Crippen molar-refractivity contribution >= 4 is 18.3 Å². The molecule has 2 N–H and O–H groups in total. The minimum Gasteiger partial charge on any atom is -0.378 e. The van der Waals surface area contributed by atoms with Crippen molar-refractivity contribution in [1.82, 2.24) is 10.6 Å². The van der Waals surface area contributed by atoms with Crippen LogP contribution in [0.15, 0.2) is 0 Å². The van der Waals surface area contributed by atoms with Gasteiger partial charge in [0.2, 0.25) is 5.91 Å². The van der Waals surface area contributed by atoms with Crippen LogP contribution in [-0.4, -0.2) is 36.7 Å². The summed E-state index contributed by atoms with van der Waals surface area (Å²) in [6.45, 7) is 0.879. The van der Waals surface area contributed by atoms with Gasteiger partial charge in [0, 0.05) is 31.2 Å². The van der Waals surface area contributed by atoms with Gasteiger partial charge in [0.15, 0.2) is 0 Å². The zero-order valence-electron chi connectivity index (χ0n) is 12.1. The van der Waals surface area contributed by atoms with Crippen LogP contribution in [0.4, 0.5) is 0 Å². The van der Waals surface area contributed by atoms with E-state index < -0.39 is 0 Å². The van der Waals surface area contributed by atoms with E-state index >= 15 is 0 Å². The molecule has 0 saturated carbocycles. The van der Waals surface area contributed by atoms with Crippen molar-refractivity contribution in [2.45, 2.75) is 82.0 Å². The Morgan fingerprint density at radius 2 is 1.90 bits per heavy atom. The van der Waals surface area contributed by atoms with Crippen LogP contribution >= 0.6 is 12.4 Å². The van der Waals surface area contributed by atoms with Crippen LogP contribution in [0.25, 0.3) is 0 Å². The molecule has 1 amide bonds. The lowest BCUT2D eigenvalue weighted by molar-refractivity contribution is -0.123. The average Bonchev–Trinajstić information content (AvgIpc) is 2.77. The van der Waals surface area contributed by atoms with Gasteiger partial charge in [-0.3, -0.25) is 4.79 Å². The minimum atomic E-state index is 0. The van der Waals surface area contributed by atoms with Crippen LogP contribution in [0.1, 0.15) is 57.8 Å². The van der Waals surface area contributed by atoms with E-state index in [0.717, 1.165) is 32.3 Å². The Morgan fingerprint density at radius 3 is 2.55 bits per heavy atom. The Morgan fingerprint density at radius 1 is 1.15 bits per heavy atom. The zero-order chi connectivity index (χ0) is 13.1. The first-order valence-electron chi connectivity index (χ1n) is 7.96. The maximum Gasteiger partial charge on any atom is 0.220 e. The van der Waals surface area contributed by atoms with Gasteiger partial charge in [0.05, 0.1) is 6.10 Å². The van der Waals surface area contributed by atoms with E-state index in [1.807, 2.05) is 0 Å². The van der Waals surface area contributed by atoms with E-state index in [9.17, 15) is 4.79 Å². The number of amides is 1. The summed E-state index contributed by atoms with van der Waals surface area (Å²) in [5, 5.41) is 6.83. The van der Waals surface area contributed by atoms with E-state index in [1.54, 1.807) is 0 Å². The van der Waals surface area contributed by atoms with E-state index in [1.165, 1.54) is 25.7 Å². The van der Waals surface area contributed by atoms with Gasteiger partial charge in [-0.05, 0) is 51.4 Å². The first kappa shape index (κ1) is 16.1. The quantitative estimate of drug-likeness (QED) is 0.837. The van der Waals surface area contributed by atoms with Crippen molar-refractivity contribution in [2.24, 2.45) is 0 Å². The Labute approximate surface area is 127 Å². The lowest BCUT2D eigenvalue weighted by Gasteiger charge is -2.30. The molecule has 3 rings (SSSR count). The standard InChI is InChI=1S/C15H26N2O2.ClH/c18-15(7-6-14-3-1-2-8-19-14)17-13-9-11-4-5-12(10-13)16-11;/h11-14,16H,1-10H2,(H,17,18);1H. The predicted octanol–water partition coefficient (Wildman–Crippen LogP) is 2.16. The number of carbonyl (C=O) groups is 1. The van der Waals surface area contributed by atoms with Crippen molar-refractivity contribution in [2.75, 3.05) is 6.61 Å². The van der Waals surface area contributed by atoms with Gasteiger partial charge in [-0.1, -0.05) is 0 Å². The molecular weight excluding hydrogens is 276 g/mol. The van der Waals surface area contributed by atoms with Gasteiger partial charge in [-0.25, -0.2) is 0 Å². The van der Waals surface area contributed by atoms with Gasteiger partial charge in [-0.15, -0.1) is 12.4 Å². The largest absolute Gasteiger partial charge is 0.378 e. The number of hydrogen-bond acceptors (Lipinski definition) is 3. The molecule has 5 heteroatoms. The number of piperidine rings is 1. The van der Waals surface area contributed by atoms with Crippen LogP contribution in [0.2, 0.25) is 0 Å². The fourth-order valence-corrected chi connectivity index (χ4v) is 3.80. The van der Waals surface area contributed by atoms with Crippen LogP contribution < -0.4 is 10.6 Å². The molecule has 3 aliphatic rings. The van der Waals surface area contributed by atoms with Crippen LogP contribution in [0.3, 0.4) is 0 Å². The molecule has 3 saturated heterocycles. The van der Waals surface area contributed by atoms with E-state index in [0.29, 0.717) is 30.7 Å². The summed E-state index contributed by atoms with van der Waals surface area (Å²) in [7, 11) is 0. The summed E-state index contributed by atoms with van der Waals surface area (Å²) in [5.74, 6) is 0.223. The molecule has 20 heavy (non-hydrogen) atoms. The second-order valence-corrected chi connectivity index (χ2v) is 6.40. The topological polar surface area (TPSA) is 50.4 Å². The molecule has 0 aromatic rings. The van der Waals surface area contributed by atoms with Crippen LogP contribution in [-0.2, 0) is 9.53 Å². The summed E-state index contributed by atoms with van der Waals surface area (Å²) in [6, 6.07) is 1.69. The van der Waals surface area contributed by atoms with Gasteiger partial charge >= 0.3 is 0 Å². The molecule has 0 spiro atoms. The minimum absolute atomic E-state index is 0. The smallest absolute Gasteiger partial charge is 0.220 e. The second-order valence-electron chi connectivity index (χ2n) is 6.40.